The fraction of sp³-hybridized carbons (Fsp3) is 0.154. The lowest BCUT2D eigenvalue weighted by atomic mass is 10.1. The molecule has 0 unspecified atom stereocenters. The molecule has 1 aromatic carbocycles. The average Bonchev–Trinajstić information content (AvgIpc) is 2.72. The molecular formula is C13H11ClN4O. The number of carbonyl (C=O) groups is 1. The molecule has 0 aliphatic rings. The van der Waals surface area contributed by atoms with E-state index in [0.717, 1.165) is 0 Å². The van der Waals surface area contributed by atoms with Gasteiger partial charge in [0.2, 0.25) is 0 Å². The van der Waals surface area contributed by atoms with E-state index in [2.05, 4.69) is 10.4 Å². The Kier molecular flexibility index (Phi) is 3.54. The summed E-state index contributed by atoms with van der Waals surface area (Å²) < 4.78 is 1.47. The minimum atomic E-state index is -0.338. The molecule has 2 aromatic rings. The van der Waals surface area contributed by atoms with E-state index < -0.39 is 0 Å². The van der Waals surface area contributed by atoms with Crippen LogP contribution in [0.2, 0.25) is 5.02 Å². The molecule has 0 saturated heterocycles. The number of nitrogens with one attached hydrogen (secondary N) is 1. The van der Waals surface area contributed by atoms with E-state index in [1.165, 1.54) is 4.68 Å². The monoisotopic (exact) mass is 274 g/mol. The summed E-state index contributed by atoms with van der Waals surface area (Å²) in [7, 11) is 1.68. The van der Waals surface area contributed by atoms with Gasteiger partial charge in [-0.15, -0.1) is 0 Å². The van der Waals surface area contributed by atoms with Crippen molar-refractivity contribution in [2.45, 2.75) is 6.92 Å². The molecule has 0 bridgehead atoms. The highest BCUT2D eigenvalue weighted by atomic mass is 35.5. The number of nitrogens with zero attached hydrogens (tertiary/aromatic N) is 3. The van der Waals surface area contributed by atoms with Gasteiger partial charge in [0.05, 0.1) is 0 Å². The topological polar surface area (TPSA) is 70.7 Å². The van der Waals surface area contributed by atoms with E-state index in [1.807, 2.05) is 6.07 Å². The summed E-state index contributed by atoms with van der Waals surface area (Å²) >= 11 is 5.97. The second-order valence-corrected chi connectivity index (χ2v) is 4.45. The SMILES string of the molecule is Cc1c(Cl)cccc1C(=O)Nc1nn(C)cc1C#N. The summed E-state index contributed by atoms with van der Waals surface area (Å²) in [5.74, 6) is -0.0930. The summed E-state index contributed by atoms with van der Waals surface area (Å²) in [6, 6.07) is 7.07. The minimum Gasteiger partial charge on any atom is -0.304 e. The summed E-state index contributed by atoms with van der Waals surface area (Å²) in [6.07, 6.45) is 1.54. The van der Waals surface area contributed by atoms with Gasteiger partial charge in [0.15, 0.2) is 5.82 Å². The first kappa shape index (κ1) is 13.1. The molecule has 0 radical (unpaired) electrons. The molecule has 96 valence electrons. The maximum Gasteiger partial charge on any atom is 0.257 e. The zero-order chi connectivity index (χ0) is 14.0. The van der Waals surface area contributed by atoms with Gasteiger partial charge in [-0.05, 0) is 24.6 Å². The number of amides is 1. The Morgan fingerprint density at radius 1 is 1.53 bits per heavy atom. The molecule has 6 heteroatoms. The molecule has 0 aliphatic carbocycles. The van der Waals surface area contributed by atoms with Crippen molar-refractivity contribution in [2.24, 2.45) is 7.05 Å². The number of anilines is 1. The molecule has 0 fully saturated rings. The van der Waals surface area contributed by atoms with E-state index in [1.54, 1.807) is 38.4 Å². The molecule has 1 amide bonds. The quantitative estimate of drug-likeness (QED) is 0.915. The zero-order valence-electron chi connectivity index (χ0n) is 10.4. The standard InChI is InChI=1S/C13H11ClN4O/c1-8-10(4-3-5-11(8)14)13(19)16-12-9(6-15)7-18(2)17-12/h3-5,7H,1-2H3,(H,16,17,19). The predicted octanol–water partition coefficient (Wildman–Crippen LogP) is 2.51. The lowest BCUT2D eigenvalue weighted by Gasteiger charge is -2.07. The lowest BCUT2D eigenvalue weighted by Crippen LogP contribution is -2.14. The van der Waals surface area contributed by atoms with Crippen molar-refractivity contribution < 1.29 is 4.79 Å². The van der Waals surface area contributed by atoms with Crippen LogP contribution in [-0.2, 0) is 7.05 Å². The number of benzene rings is 1. The van der Waals surface area contributed by atoms with E-state index >= 15 is 0 Å². The molecular weight excluding hydrogens is 264 g/mol. The second kappa shape index (κ2) is 5.12. The molecule has 0 spiro atoms. The molecule has 1 aromatic heterocycles. The van der Waals surface area contributed by atoms with Crippen LogP contribution in [0.4, 0.5) is 5.82 Å². The van der Waals surface area contributed by atoms with Crippen molar-refractivity contribution >= 4 is 23.3 Å². The van der Waals surface area contributed by atoms with Gasteiger partial charge in [-0.3, -0.25) is 9.48 Å². The van der Waals surface area contributed by atoms with Crippen LogP contribution in [-0.4, -0.2) is 15.7 Å². The Labute approximate surface area is 115 Å². The van der Waals surface area contributed by atoms with E-state index in [4.69, 9.17) is 16.9 Å². The van der Waals surface area contributed by atoms with Crippen LogP contribution in [0.3, 0.4) is 0 Å². The maximum atomic E-state index is 12.1. The number of rotatable bonds is 2. The highest BCUT2D eigenvalue weighted by Crippen LogP contribution is 2.20. The van der Waals surface area contributed by atoms with Crippen molar-refractivity contribution in [2.75, 3.05) is 5.32 Å². The van der Waals surface area contributed by atoms with Gasteiger partial charge >= 0.3 is 0 Å². The van der Waals surface area contributed by atoms with Gasteiger partial charge in [0.1, 0.15) is 11.6 Å². The Morgan fingerprint density at radius 3 is 2.95 bits per heavy atom. The maximum absolute atomic E-state index is 12.1. The lowest BCUT2D eigenvalue weighted by molar-refractivity contribution is 0.102. The van der Waals surface area contributed by atoms with Crippen LogP contribution >= 0.6 is 11.6 Å². The number of aromatic nitrogens is 2. The van der Waals surface area contributed by atoms with Crippen molar-refractivity contribution in [3.63, 3.8) is 0 Å². The van der Waals surface area contributed by atoms with Crippen molar-refractivity contribution in [3.8, 4) is 6.07 Å². The highest BCUT2D eigenvalue weighted by Gasteiger charge is 2.15. The molecule has 1 N–H and O–H groups in total. The molecule has 0 atom stereocenters. The number of carbonyl (C=O) groups excluding carboxylic acids is 1. The largest absolute Gasteiger partial charge is 0.304 e. The Balaban J connectivity index is 2.31. The minimum absolute atomic E-state index is 0.245. The number of aryl methyl sites for hydroxylation is 1. The zero-order valence-corrected chi connectivity index (χ0v) is 11.2. The predicted molar refractivity (Wildman–Crippen MR) is 72.1 cm³/mol. The van der Waals surface area contributed by atoms with E-state index in [9.17, 15) is 4.79 Å². The van der Waals surface area contributed by atoms with Crippen LogP contribution in [0.1, 0.15) is 21.5 Å². The van der Waals surface area contributed by atoms with Crippen LogP contribution in [0.15, 0.2) is 24.4 Å². The normalized spacial score (nSPS) is 10.0. The fourth-order valence-electron chi connectivity index (χ4n) is 1.69. The van der Waals surface area contributed by atoms with E-state index in [-0.39, 0.29) is 11.7 Å². The summed E-state index contributed by atoms with van der Waals surface area (Å²) in [5.41, 5.74) is 1.47. The second-order valence-electron chi connectivity index (χ2n) is 4.04. The molecule has 1 heterocycles. The third-order valence-corrected chi connectivity index (χ3v) is 3.10. The van der Waals surface area contributed by atoms with Crippen molar-refractivity contribution in [3.05, 3.63) is 46.1 Å². The third-order valence-electron chi connectivity index (χ3n) is 2.69. The van der Waals surface area contributed by atoms with Gasteiger partial charge in [0, 0.05) is 23.8 Å². The van der Waals surface area contributed by atoms with Gasteiger partial charge < -0.3 is 5.32 Å². The summed E-state index contributed by atoms with van der Waals surface area (Å²) in [6.45, 7) is 1.76. The number of hydrogen-bond donors (Lipinski definition) is 1. The molecule has 2 rings (SSSR count). The first-order valence-electron chi connectivity index (χ1n) is 5.53. The number of hydrogen-bond acceptors (Lipinski definition) is 3. The average molecular weight is 275 g/mol. The van der Waals surface area contributed by atoms with Crippen LogP contribution < -0.4 is 5.32 Å². The Hall–Kier alpha value is -2.32. The number of nitriles is 1. The van der Waals surface area contributed by atoms with Gasteiger partial charge in [0.25, 0.3) is 5.91 Å². The molecule has 0 aliphatic heterocycles. The smallest absolute Gasteiger partial charge is 0.257 e. The highest BCUT2D eigenvalue weighted by molar-refractivity contribution is 6.32. The number of halogens is 1. The third kappa shape index (κ3) is 2.59. The van der Waals surface area contributed by atoms with Gasteiger partial charge in [-0.2, -0.15) is 10.4 Å². The molecule has 5 nitrogen and oxygen atoms in total. The fourth-order valence-corrected chi connectivity index (χ4v) is 1.87. The van der Waals surface area contributed by atoms with Crippen LogP contribution in [0, 0.1) is 18.3 Å². The molecule has 19 heavy (non-hydrogen) atoms. The van der Waals surface area contributed by atoms with E-state index in [0.29, 0.717) is 21.7 Å². The van der Waals surface area contributed by atoms with Crippen molar-refractivity contribution in [1.29, 1.82) is 5.26 Å². The van der Waals surface area contributed by atoms with Crippen LogP contribution in [0.25, 0.3) is 0 Å². The van der Waals surface area contributed by atoms with Gasteiger partial charge in [-0.25, -0.2) is 0 Å². The first-order chi connectivity index (χ1) is 9.02. The molecule has 0 saturated carbocycles. The Bertz CT molecular complexity index is 684. The van der Waals surface area contributed by atoms with Crippen LogP contribution in [0.5, 0.6) is 0 Å². The van der Waals surface area contributed by atoms with Crippen molar-refractivity contribution in [1.82, 2.24) is 9.78 Å². The summed E-state index contributed by atoms with van der Waals surface area (Å²) in [4.78, 5) is 12.1. The first-order valence-corrected chi connectivity index (χ1v) is 5.91. The summed E-state index contributed by atoms with van der Waals surface area (Å²) in [5, 5.41) is 16.1. The van der Waals surface area contributed by atoms with Gasteiger partial charge in [-0.1, -0.05) is 17.7 Å². The Morgan fingerprint density at radius 2 is 2.26 bits per heavy atom.